The molecule has 31 heavy (non-hydrogen) atoms. The van der Waals surface area contributed by atoms with Crippen LogP contribution in [0.2, 0.25) is 0 Å². The van der Waals surface area contributed by atoms with Gasteiger partial charge in [-0.1, -0.05) is 12.1 Å². The zero-order valence-electron chi connectivity index (χ0n) is 17.5. The third-order valence-corrected chi connectivity index (χ3v) is 6.37. The summed E-state index contributed by atoms with van der Waals surface area (Å²) in [6.45, 7) is 1.77. The molecule has 1 saturated heterocycles. The lowest BCUT2D eigenvalue weighted by Crippen LogP contribution is -2.36. The summed E-state index contributed by atoms with van der Waals surface area (Å²) >= 11 is 0. The van der Waals surface area contributed by atoms with Gasteiger partial charge in [-0.3, -0.25) is 9.59 Å². The van der Waals surface area contributed by atoms with Crippen LogP contribution in [-0.2, 0) is 4.79 Å². The zero-order chi connectivity index (χ0) is 21.4. The van der Waals surface area contributed by atoms with E-state index in [0.29, 0.717) is 36.1 Å². The fraction of sp³-hybridized carbons (Fsp3) is 0.417. The number of hydrogen-bond acceptors (Lipinski definition) is 5. The minimum Gasteiger partial charge on any atom is -0.497 e. The Morgan fingerprint density at radius 2 is 1.84 bits per heavy atom. The van der Waals surface area contributed by atoms with Gasteiger partial charge in [0.2, 0.25) is 12.7 Å². The van der Waals surface area contributed by atoms with Crippen molar-refractivity contribution >= 4 is 11.8 Å². The van der Waals surface area contributed by atoms with Gasteiger partial charge in [-0.05, 0) is 54.7 Å². The van der Waals surface area contributed by atoms with Crippen LogP contribution >= 0.6 is 0 Å². The molecular weight excluding hydrogens is 396 g/mol. The summed E-state index contributed by atoms with van der Waals surface area (Å²) in [7, 11) is 1.63. The van der Waals surface area contributed by atoms with Crippen LogP contribution in [0.4, 0.5) is 0 Å². The summed E-state index contributed by atoms with van der Waals surface area (Å²) in [5, 5.41) is 3.10. The summed E-state index contributed by atoms with van der Waals surface area (Å²) in [6, 6.07) is 13.0. The Balaban J connectivity index is 1.37. The first-order chi connectivity index (χ1) is 15.1. The summed E-state index contributed by atoms with van der Waals surface area (Å²) in [6.07, 6.45) is 2.36. The topological polar surface area (TPSA) is 77.1 Å². The van der Waals surface area contributed by atoms with Crippen molar-refractivity contribution in [2.45, 2.75) is 18.8 Å². The Morgan fingerprint density at radius 3 is 2.58 bits per heavy atom. The maximum absolute atomic E-state index is 13.2. The van der Waals surface area contributed by atoms with E-state index in [0.717, 1.165) is 17.9 Å². The van der Waals surface area contributed by atoms with Crippen LogP contribution in [0.15, 0.2) is 42.5 Å². The van der Waals surface area contributed by atoms with Gasteiger partial charge in [-0.25, -0.2) is 0 Å². The molecule has 5 rings (SSSR count). The van der Waals surface area contributed by atoms with Gasteiger partial charge in [0.1, 0.15) is 5.75 Å². The highest BCUT2D eigenvalue weighted by Gasteiger charge is 2.41. The number of amides is 2. The predicted octanol–water partition coefficient (Wildman–Crippen LogP) is 2.81. The first-order valence-corrected chi connectivity index (χ1v) is 10.7. The number of carbonyl (C=O) groups excluding carboxylic acids is 2. The Hall–Kier alpha value is -3.22. The Bertz CT molecular complexity index is 986. The Labute approximate surface area is 181 Å². The minimum atomic E-state index is -0.287. The van der Waals surface area contributed by atoms with Crippen LogP contribution in [0.25, 0.3) is 0 Å². The standard InChI is InChI=1S/C24H26N2O5/c1-29-18-7-4-16(5-8-18)19-12-26(13-20(19)23(27)25-11-15-2-3-15)24(28)17-6-9-21-22(10-17)31-14-30-21/h4-10,15,19-20H,2-3,11-14H2,1H3,(H,25,27). The molecule has 0 aromatic heterocycles. The van der Waals surface area contributed by atoms with Crippen LogP contribution in [0, 0.1) is 11.8 Å². The number of nitrogens with zero attached hydrogens (tertiary/aromatic N) is 1. The fourth-order valence-electron chi connectivity index (χ4n) is 4.33. The second kappa shape index (κ2) is 8.13. The monoisotopic (exact) mass is 422 g/mol. The summed E-state index contributed by atoms with van der Waals surface area (Å²) < 4.78 is 16.0. The molecule has 2 atom stereocenters. The van der Waals surface area contributed by atoms with Crippen LogP contribution < -0.4 is 19.5 Å². The van der Waals surface area contributed by atoms with E-state index in [1.165, 1.54) is 12.8 Å². The van der Waals surface area contributed by atoms with Crippen molar-refractivity contribution in [2.75, 3.05) is 33.5 Å². The molecule has 2 fully saturated rings. The van der Waals surface area contributed by atoms with Crippen molar-refractivity contribution in [3.8, 4) is 17.2 Å². The summed E-state index contributed by atoms with van der Waals surface area (Å²) in [5.41, 5.74) is 1.57. The fourth-order valence-corrected chi connectivity index (χ4v) is 4.33. The smallest absolute Gasteiger partial charge is 0.254 e. The molecule has 1 saturated carbocycles. The summed E-state index contributed by atoms with van der Waals surface area (Å²) in [5.74, 6) is 2.17. The van der Waals surface area contributed by atoms with E-state index in [2.05, 4.69) is 5.32 Å². The van der Waals surface area contributed by atoms with Crippen molar-refractivity contribution in [3.05, 3.63) is 53.6 Å². The molecule has 1 aliphatic carbocycles. The quantitative estimate of drug-likeness (QED) is 0.775. The second-order valence-electron chi connectivity index (χ2n) is 8.45. The zero-order valence-corrected chi connectivity index (χ0v) is 17.5. The van der Waals surface area contributed by atoms with Crippen molar-refractivity contribution in [2.24, 2.45) is 11.8 Å². The van der Waals surface area contributed by atoms with Crippen molar-refractivity contribution in [1.29, 1.82) is 0 Å². The average Bonchev–Trinajstić information content (AvgIpc) is 3.33. The molecular formula is C24H26N2O5. The molecule has 7 nitrogen and oxygen atoms in total. The third-order valence-electron chi connectivity index (χ3n) is 6.37. The molecule has 2 heterocycles. The van der Waals surface area contributed by atoms with E-state index < -0.39 is 0 Å². The predicted molar refractivity (Wildman–Crippen MR) is 113 cm³/mol. The number of nitrogens with one attached hydrogen (secondary N) is 1. The molecule has 3 aliphatic rings. The molecule has 162 valence electrons. The van der Waals surface area contributed by atoms with Crippen molar-refractivity contribution in [3.63, 3.8) is 0 Å². The Morgan fingerprint density at radius 1 is 1.06 bits per heavy atom. The number of carbonyl (C=O) groups is 2. The van der Waals surface area contributed by atoms with Gasteiger partial charge in [-0.15, -0.1) is 0 Å². The van der Waals surface area contributed by atoms with Gasteiger partial charge < -0.3 is 24.4 Å². The highest BCUT2D eigenvalue weighted by atomic mass is 16.7. The number of hydrogen-bond donors (Lipinski definition) is 1. The Kier molecular flexibility index (Phi) is 5.18. The van der Waals surface area contributed by atoms with E-state index in [1.807, 2.05) is 24.3 Å². The number of rotatable bonds is 6. The van der Waals surface area contributed by atoms with Gasteiger partial charge in [0, 0.05) is 31.1 Å². The maximum Gasteiger partial charge on any atom is 0.254 e. The summed E-state index contributed by atoms with van der Waals surface area (Å²) in [4.78, 5) is 28.0. The number of benzene rings is 2. The van der Waals surface area contributed by atoms with E-state index in [9.17, 15) is 9.59 Å². The number of fused-ring (bicyclic) bond motifs is 1. The molecule has 2 aliphatic heterocycles. The molecule has 0 bridgehead atoms. The van der Waals surface area contributed by atoms with E-state index in [-0.39, 0.29) is 30.4 Å². The molecule has 0 spiro atoms. The lowest BCUT2D eigenvalue weighted by atomic mass is 9.88. The molecule has 1 N–H and O–H groups in total. The van der Waals surface area contributed by atoms with Crippen LogP contribution in [0.3, 0.4) is 0 Å². The molecule has 2 aromatic carbocycles. The van der Waals surface area contributed by atoms with E-state index >= 15 is 0 Å². The van der Waals surface area contributed by atoms with E-state index in [1.54, 1.807) is 30.2 Å². The largest absolute Gasteiger partial charge is 0.497 e. The average molecular weight is 422 g/mol. The normalized spacial score (nSPS) is 21.8. The van der Waals surface area contributed by atoms with Gasteiger partial charge in [0.25, 0.3) is 5.91 Å². The van der Waals surface area contributed by atoms with Gasteiger partial charge in [0.05, 0.1) is 13.0 Å². The first-order valence-electron chi connectivity index (χ1n) is 10.7. The van der Waals surface area contributed by atoms with Crippen molar-refractivity contribution < 1.29 is 23.8 Å². The molecule has 2 amide bonds. The molecule has 0 radical (unpaired) electrons. The minimum absolute atomic E-state index is 0.0219. The van der Waals surface area contributed by atoms with Crippen LogP contribution in [-0.4, -0.2) is 50.3 Å². The van der Waals surface area contributed by atoms with Crippen molar-refractivity contribution in [1.82, 2.24) is 10.2 Å². The highest BCUT2D eigenvalue weighted by molar-refractivity contribution is 5.96. The third kappa shape index (κ3) is 4.04. The molecule has 2 aromatic rings. The van der Waals surface area contributed by atoms with Gasteiger partial charge >= 0.3 is 0 Å². The van der Waals surface area contributed by atoms with Crippen LogP contribution in [0.5, 0.6) is 17.2 Å². The van der Waals surface area contributed by atoms with Crippen LogP contribution in [0.1, 0.15) is 34.7 Å². The SMILES string of the molecule is COc1ccc(C2CN(C(=O)c3ccc4c(c3)OCO4)CC2C(=O)NCC2CC2)cc1. The second-order valence-corrected chi connectivity index (χ2v) is 8.45. The lowest BCUT2D eigenvalue weighted by Gasteiger charge is -2.18. The molecule has 7 heteroatoms. The maximum atomic E-state index is 13.2. The molecule has 2 unspecified atom stereocenters. The van der Waals surface area contributed by atoms with E-state index in [4.69, 9.17) is 14.2 Å². The number of likely N-dealkylation sites (tertiary alicyclic amines) is 1. The highest BCUT2D eigenvalue weighted by Crippen LogP contribution is 2.37. The number of methoxy groups -OCH3 is 1. The van der Waals surface area contributed by atoms with Gasteiger partial charge in [0.15, 0.2) is 11.5 Å². The lowest BCUT2D eigenvalue weighted by molar-refractivity contribution is -0.125. The first kappa shape index (κ1) is 19.7. The van der Waals surface area contributed by atoms with Gasteiger partial charge in [-0.2, -0.15) is 0 Å². The number of ether oxygens (including phenoxy) is 3.